The first-order valence-corrected chi connectivity index (χ1v) is 36.5. The maximum absolute atomic E-state index is 12.1. The molecule has 10 aromatic carbocycles. The Kier molecular flexibility index (Phi) is 36.6. The molecule has 0 N–H and O–H groups in total. The fraction of sp³-hybridized carbons (Fsp3) is 0.293. The van der Waals surface area contributed by atoms with Gasteiger partial charge < -0.3 is 23.7 Å². The van der Waals surface area contributed by atoms with Gasteiger partial charge in [-0.05, 0) is 235 Å². The molecule has 0 spiro atoms. The van der Waals surface area contributed by atoms with E-state index in [1.807, 2.05) is 115 Å². The number of esters is 3. The number of aryl methyl sites for hydroxylation is 6. The SMILES string of the molecule is CCCCCCOc1ccc(C(=O)Oc2ccc(CC)cc2)cc1.CCCCCCOc1ccc(C(=O)Oc2ccc(CC)cc2)cc1.CCCCCc1ccc(-c2ccc(CC)cc2)cc1.CCc1ccc(-c2ccc(C#N)cc2)cc1.CCc1ccc(C(=O)Oc2ccc(C#N)cc2)cc1. The Bertz CT molecular complexity index is 3960. The molecule has 0 saturated heterocycles. The summed E-state index contributed by atoms with van der Waals surface area (Å²) in [6, 6.07) is 81.5. The van der Waals surface area contributed by atoms with Gasteiger partial charge in [-0.15, -0.1) is 0 Å². The molecule has 10 rings (SSSR count). The molecule has 0 aliphatic carbocycles. The van der Waals surface area contributed by atoms with Gasteiger partial charge in [0.1, 0.15) is 28.7 Å². The standard InChI is InChI=1S/2C21H26O3.C19H24.C16H13NO2.C15H13N/c2*1-3-5-6-7-16-23-19-14-10-18(11-15-19)21(22)24-20-12-8-17(4-2)9-13-20;1-3-5-6-7-17-10-14-19(15-11-17)18-12-8-16(4-2)9-13-18;1-2-12-3-7-14(8-4-12)16(18)19-15-9-5-13(11-17)6-10-15;1-2-12-3-7-14(8-4-12)15-9-5-13(11-16)6-10-15/h2*8-15H,3-7,16H2,1-2H3;8-15H,3-7H2,1-2H3;3-10H,2H2,1H3;3-10H,2H2,1H3. The minimum atomic E-state index is -0.396. The molecule has 528 valence electrons. The van der Waals surface area contributed by atoms with Crippen molar-refractivity contribution in [3.63, 3.8) is 0 Å². The van der Waals surface area contributed by atoms with E-state index in [1.165, 1.54) is 114 Å². The lowest BCUT2D eigenvalue weighted by Gasteiger charge is -2.08. The Morgan fingerprint density at radius 1 is 0.265 bits per heavy atom. The number of carbonyl (C=O) groups excluding carboxylic acids is 3. The van der Waals surface area contributed by atoms with E-state index in [1.54, 1.807) is 60.7 Å². The van der Waals surface area contributed by atoms with Gasteiger partial charge in [-0.1, -0.05) is 228 Å². The van der Waals surface area contributed by atoms with Crippen LogP contribution in [-0.4, -0.2) is 31.1 Å². The van der Waals surface area contributed by atoms with Crippen LogP contribution in [0.15, 0.2) is 243 Å². The van der Waals surface area contributed by atoms with Crippen molar-refractivity contribution in [2.45, 2.75) is 165 Å². The molecule has 0 aliphatic rings. The molecular weight excluding hydrogens is 1260 g/mol. The zero-order valence-corrected chi connectivity index (χ0v) is 61.2. The van der Waals surface area contributed by atoms with Gasteiger partial charge >= 0.3 is 17.9 Å². The molecule has 0 saturated carbocycles. The van der Waals surface area contributed by atoms with Crippen LogP contribution in [0.4, 0.5) is 0 Å². The van der Waals surface area contributed by atoms with Crippen molar-refractivity contribution >= 4 is 17.9 Å². The number of hydrogen-bond donors (Lipinski definition) is 0. The first-order valence-electron chi connectivity index (χ1n) is 36.5. The number of unbranched alkanes of at least 4 members (excludes halogenated alkanes) is 8. The van der Waals surface area contributed by atoms with Crippen LogP contribution in [-0.2, 0) is 38.5 Å². The molecule has 0 atom stereocenters. The zero-order valence-electron chi connectivity index (χ0n) is 61.2. The molecule has 0 heterocycles. The van der Waals surface area contributed by atoms with Gasteiger partial charge in [0.15, 0.2) is 0 Å². The lowest BCUT2D eigenvalue weighted by molar-refractivity contribution is 0.0725. The van der Waals surface area contributed by atoms with E-state index in [0.717, 1.165) is 62.0 Å². The monoisotopic (exact) mass is 1360 g/mol. The van der Waals surface area contributed by atoms with E-state index in [-0.39, 0.29) is 11.9 Å². The van der Waals surface area contributed by atoms with Crippen LogP contribution in [0, 0.1) is 22.7 Å². The highest BCUT2D eigenvalue weighted by Crippen LogP contribution is 2.25. The molecule has 10 aromatic rings. The summed E-state index contributed by atoms with van der Waals surface area (Å²) >= 11 is 0. The summed E-state index contributed by atoms with van der Waals surface area (Å²) < 4.78 is 27.4. The lowest BCUT2D eigenvalue weighted by Crippen LogP contribution is -2.08. The summed E-state index contributed by atoms with van der Waals surface area (Å²) in [6.07, 6.45) is 19.6. The van der Waals surface area contributed by atoms with E-state index in [2.05, 4.69) is 134 Å². The van der Waals surface area contributed by atoms with E-state index in [9.17, 15) is 14.4 Å². The Labute approximate surface area is 607 Å². The average molecular weight is 1360 g/mol. The number of benzene rings is 10. The summed E-state index contributed by atoms with van der Waals surface area (Å²) in [4.78, 5) is 36.2. The van der Waals surface area contributed by atoms with Gasteiger partial charge in [0.25, 0.3) is 0 Å². The second kappa shape index (κ2) is 46.5. The number of ether oxygens (including phenoxy) is 5. The number of carbonyl (C=O) groups is 3. The van der Waals surface area contributed by atoms with Crippen LogP contribution in [0.3, 0.4) is 0 Å². The second-order valence-electron chi connectivity index (χ2n) is 24.7. The summed E-state index contributed by atoms with van der Waals surface area (Å²) in [6.45, 7) is 18.7. The van der Waals surface area contributed by atoms with Crippen LogP contribution in [0.2, 0.25) is 0 Å². The zero-order chi connectivity index (χ0) is 72.9. The maximum Gasteiger partial charge on any atom is 0.343 e. The number of hydrogen-bond acceptors (Lipinski definition) is 10. The third kappa shape index (κ3) is 29.2. The minimum absolute atomic E-state index is 0.353. The molecule has 0 aliphatic heterocycles. The first kappa shape index (κ1) is 80.2. The molecule has 0 unspecified atom stereocenters. The summed E-state index contributed by atoms with van der Waals surface area (Å²) in [5, 5.41) is 17.4. The third-order valence-electron chi connectivity index (χ3n) is 17.0. The van der Waals surface area contributed by atoms with Crippen molar-refractivity contribution in [1.29, 1.82) is 10.5 Å². The van der Waals surface area contributed by atoms with Crippen molar-refractivity contribution in [3.05, 3.63) is 304 Å². The van der Waals surface area contributed by atoms with Gasteiger partial charge in [0.05, 0.1) is 53.2 Å². The summed E-state index contributed by atoms with van der Waals surface area (Å²) in [5.74, 6) is 2.03. The average Bonchev–Trinajstić information content (AvgIpc) is 0.885. The van der Waals surface area contributed by atoms with Gasteiger partial charge in [0.2, 0.25) is 0 Å². The van der Waals surface area contributed by atoms with E-state index >= 15 is 0 Å². The molecule has 0 amide bonds. The Morgan fingerprint density at radius 3 is 0.794 bits per heavy atom. The molecular formula is C92H102N2O8. The van der Waals surface area contributed by atoms with Crippen LogP contribution >= 0.6 is 0 Å². The second-order valence-corrected chi connectivity index (χ2v) is 24.7. The quantitative estimate of drug-likeness (QED) is 0.0252. The predicted octanol–water partition coefficient (Wildman–Crippen LogP) is 23.6. The van der Waals surface area contributed by atoms with E-state index in [0.29, 0.717) is 58.3 Å². The van der Waals surface area contributed by atoms with Crippen LogP contribution in [0.1, 0.15) is 202 Å². The molecule has 0 bridgehead atoms. The highest BCUT2D eigenvalue weighted by Gasteiger charge is 2.12. The molecule has 10 nitrogen and oxygen atoms in total. The maximum atomic E-state index is 12.1. The summed E-state index contributed by atoms with van der Waals surface area (Å²) in [5.41, 5.74) is 15.6. The van der Waals surface area contributed by atoms with Crippen molar-refractivity contribution < 1.29 is 38.1 Å². The van der Waals surface area contributed by atoms with E-state index in [4.69, 9.17) is 34.2 Å². The predicted molar refractivity (Wildman–Crippen MR) is 416 cm³/mol. The molecule has 0 aromatic heterocycles. The smallest absolute Gasteiger partial charge is 0.343 e. The molecule has 10 heteroatoms. The van der Waals surface area contributed by atoms with Crippen molar-refractivity contribution in [2.75, 3.05) is 13.2 Å². The largest absolute Gasteiger partial charge is 0.494 e. The van der Waals surface area contributed by atoms with Gasteiger partial charge in [0, 0.05) is 0 Å². The summed E-state index contributed by atoms with van der Waals surface area (Å²) in [7, 11) is 0. The highest BCUT2D eigenvalue weighted by molar-refractivity contribution is 5.92. The Morgan fingerprint density at radius 2 is 0.500 bits per heavy atom. The van der Waals surface area contributed by atoms with Gasteiger partial charge in [-0.2, -0.15) is 10.5 Å². The van der Waals surface area contributed by atoms with Crippen molar-refractivity contribution in [3.8, 4) is 63.1 Å². The Hall–Kier alpha value is -10.8. The lowest BCUT2D eigenvalue weighted by atomic mass is 10.00. The van der Waals surface area contributed by atoms with Crippen LogP contribution in [0.25, 0.3) is 22.3 Å². The number of nitriles is 2. The normalized spacial score (nSPS) is 10.2. The van der Waals surface area contributed by atoms with Crippen molar-refractivity contribution in [2.24, 2.45) is 0 Å². The van der Waals surface area contributed by atoms with Gasteiger partial charge in [-0.3, -0.25) is 0 Å². The van der Waals surface area contributed by atoms with Crippen LogP contribution < -0.4 is 23.7 Å². The van der Waals surface area contributed by atoms with E-state index < -0.39 is 5.97 Å². The fourth-order valence-corrected chi connectivity index (χ4v) is 10.4. The van der Waals surface area contributed by atoms with Crippen LogP contribution in [0.5, 0.6) is 28.7 Å². The fourth-order valence-electron chi connectivity index (χ4n) is 10.4. The molecule has 0 fully saturated rings. The molecule has 0 radical (unpaired) electrons. The topological polar surface area (TPSA) is 145 Å². The first-order chi connectivity index (χ1) is 49.8. The highest BCUT2D eigenvalue weighted by atomic mass is 16.5. The van der Waals surface area contributed by atoms with Crippen molar-refractivity contribution in [1.82, 2.24) is 0 Å². The molecule has 102 heavy (non-hydrogen) atoms. The third-order valence-corrected chi connectivity index (χ3v) is 17.0. The minimum Gasteiger partial charge on any atom is -0.494 e. The number of nitrogens with zero attached hydrogens (tertiary/aromatic N) is 2. The Balaban J connectivity index is 0.000000202. The van der Waals surface area contributed by atoms with Gasteiger partial charge in [-0.25, -0.2) is 14.4 Å². The number of rotatable bonds is 29.